The van der Waals surface area contributed by atoms with Gasteiger partial charge in [-0.1, -0.05) is 0 Å². The maximum atomic E-state index is 6.07. The van der Waals surface area contributed by atoms with E-state index in [1.165, 1.54) is 12.8 Å². The van der Waals surface area contributed by atoms with Gasteiger partial charge in [-0.15, -0.1) is 11.6 Å². The minimum atomic E-state index is 0.322. The number of rotatable bonds is 5. The lowest BCUT2D eigenvalue weighted by molar-refractivity contribution is 0.195. The van der Waals surface area contributed by atoms with Crippen molar-refractivity contribution in [1.82, 2.24) is 0 Å². The van der Waals surface area contributed by atoms with Crippen LogP contribution in [0.5, 0.6) is 11.5 Å². The lowest BCUT2D eigenvalue weighted by Gasteiger charge is -2.18. The molecule has 2 nitrogen and oxygen atoms in total. The molecular weight excluding hydrogens is 316 g/mol. The summed E-state index contributed by atoms with van der Waals surface area (Å²) in [6.07, 6.45) is 5.10. The lowest BCUT2D eigenvalue weighted by Crippen LogP contribution is -2.12. The summed E-state index contributed by atoms with van der Waals surface area (Å²) in [5, 5.41) is 0. The molecule has 1 aliphatic carbocycles. The topological polar surface area (TPSA) is 18.5 Å². The summed E-state index contributed by atoms with van der Waals surface area (Å²) in [5.41, 5.74) is 1.03. The minimum Gasteiger partial charge on any atom is -0.490 e. The van der Waals surface area contributed by atoms with Crippen LogP contribution in [0.4, 0.5) is 0 Å². The number of ether oxygens (including phenoxy) is 2. The molecule has 0 saturated heterocycles. The lowest BCUT2D eigenvalue weighted by atomic mass is 10.2. The molecule has 1 aromatic rings. The molecule has 1 fully saturated rings. The molecule has 0 radical (unpaired) electrons. The van der Waals surface area contributed by atoms with Crippen LogP contribution in [0.3, 0.4) is 0 Å². The Balaban J connectivity index is 2.24. The Hall–Kier alpha value is -0.410. The summed E-state index contributed by atoms with van der Waals surface area (Å²) in [6, 6.07) is 3.96. The van der Waals surface area contributed by atoms with Gasteiger partial charge >= 0.3 is 0 Å². The van der Waals surface area contributed by atoms with E-state index in [-0.39, 0.29) is 0 Å². The number of hydrogen-bond acceptors (Lipinski definition) is 2. The van der Waals surface area contributed by atoms with Gasteiger partial charge < -0.3 is 9.47 Å². The molecule has 1 aliphatic rings. The van der Waals surface area contributed by atoms with Crippen LogP contribution in [0.1, 0.15) is 38.2 Å². The average molecular weight is 334 g/mol. The van der Waals surface area contributed by atoms with Gasteiger partial charge in [0, 0.05) is 5.88 Å². The summed E-state index contributed by atoms with van der Waals surface area (Å²) < 4.78 is 12.7. The molecule has 100 valence electrons. The van der Waals surface area contributed by atoms with Crippen LogP contribution in [0, 0.1) is 0 Å². The highest BCUT2D eigenvalue weighted by Crippen LogP contribution is 2.39. The van der Waals surface area contributed by atoms with E-state index in [2.05, 4.69) is 15.9 Å². The van der Waals surface area contributed by atoms with E-state index in [9.17, 15) is 0 Å². The van der Waals surface area contributed by atoms with Crippen LogP contribution >= 0.6 is 27.5 Å². The molecule has 4 heteroatoms. The Kier molecular flexibility index (Phi) is 5.19. The zero-order chi connectivity index (χ0) is 13.0. The third kappa shape index (κ3) is 3.33. The third-order valence-corrected chi connectivity index (χ3v) is 4.01. The van der Waals surface area contributed by atoms with Gasteiger partial charge in [0.25, 0.3) is 0 Å². The molecule has 0 amide bonds. The van der Waals surface area contributed by atoms with E-state index < -0.39 is 0 Å². The van der Waals surface area contributed by atoms with Crippen LogP contribution in [-0.2, 0) is 5.88 Å². The van der Waals surface area contributed by atoms with Crippen molar-refractivity contribution in [3.63, 3.8) is 0 Å². The Morgan fingerprint density at radius 2 is 2.06 bits per heavy atom. The van der Waals surface area contributed by atoms with E-state index in [4.69, 9.17) is 21.1 Å². The number of hydrogen-bond donors (Lipinski definition) is 0. The van der Waals surface area contributed by atoms with Gasteiger partial charge in [0.05, 0.1) is 17.2 Å². The molecule has 0 bridgehead atoms. The van der Waals surface area contributed by atoms with Crippen LogP contribution in [-0.4, -0.2) is 12.7 Å². The standard InChI is InChI=1S/C14H18BrClO2/c1-2-17-13-8-10(9-16)7-12(15)14(13)18-11-5-3-4-6-11/h7-8,11H,2-6,9H2,1H3. The molecule has 0 heterocycles. The van der Waals surface area contributed by atoms with Gasteiger partial charge in [-0.05, 0) is 66.2 Å². The second-order valence-corrected chi connectivity index (χ2v) is 5.62. The zero-order valence-electron chi connectivity index (χ0n) is 10.5. The highest BCUT2D eigenvalue weighted by atomic mass is 79.9. The van der Waals surface area contributed by atoms with Crippen molar-refractivity contribution in [1.29, 1.82) is 0 Å². The molecule has 0 unspecified atom stereocenters. The fourth-order valence-corrected chi connectivity index (χ4v) is 2.99. The summed E-state index contributed by atoms with van der Waals surface area (Å²) >= 11 is 9.43. The quantitative estimate of drug-likeness (QED) is 0.713. The van der Waals surface area contributed by atoms with Crippen molar-refractivity contribution in [3.05, 3.63) is 22.2 Å². The molecule has 0 aliphatic heterocycles. The molecule has 1 saturated carbocycles. The van der Waals surface area contributed by atoms with Crippen molar-refractivity contribution in [2.75, 3.05) is 6.61 Å². The Labute approximate surface area is 122 Å². The Bertz CT molecular complexity index is 403. The molecule has 18 heavy (non-hydrogen) atoms. The SMILES string of the molecule is CCOc1cc(CCl)cc(Br)c1OC1CCCC1. The van der Waals surface area contributed by atoms with E-state index in [0.717, 1.165) is 34.4 Å². The molecular formula is C14H18BrClO2. The van der Waals surface area contributed by atoms with E-state index in [0.29, 0.717) is 18.6 Å². The first-order valence-electron chi connectivity index (χ1n) is 6.42. The largest absolute Gasteiger partial charge is 0.490 e. The number of alkyl halides is 1. The first kappa shape index (κ1) is 14.0. The third-order valence-electron chi connectivity index (χ3n) is 3.11. The average Bonchev–Trinajstić information content (AvgIpc) is 2.86. The smallest absolute Gasteiger partial charge is 0.175 e. The highest BCUT2D eigenvalue weighted by Gasteiger charge is 2.20. The first-order valence-corrected chi connectivity index (χ1v) is 7.75. The summed E-state index contributed by atoms with van der Waals surface area (Å²) in [4.78, 5) is 0. The number of benzene rings is 1. The van der Waals surface area contributed by atoms with E-state index >= 15 is 0 Å². The van der Waals surface area contributed by atoms with Gasteiger partial charge in [0.2, 0.25) is 0 Å². The highest BCUT2D eigenvalue weighted by molar-refractivity contribution is 9.10. The predicted octanol–water partition coefficient (Wildman–Crippen LogP) is 4.91. The van der Waals surface area contributed by atoms with Crippen molar-refractivity contribution < 1.29 is 9.47 Å². The Morgan fingerprint density at radius 3 is 2.67 bits per heavy atom. The normalized spacial score (nSPS) is 15.9. The second kappa shape index (κ2) is 6.67. The Morgan fingerprint density at radius 1 is 1.33 bits per heavy atom. The molecule has 2 rings (SSSR count). The van der Waals surface area contributed by atoms with Gasteiger partial charge in [0.1, 0.15) is 0 Å². The zero-order valence-corrected chi connectivity index (χ0v) is 12.9. The van der Waals surface area contributed by atoms with Gasteiger partial charge in [-0.25, -0.2) is 0 Å². The molecule has 1 aromatic carbocycles. The van der Waals surface area contributed by atoms with E-state index in [1.54, 1.807) is 0 Å². The second-order valence-electron chi connectivity index (χ2n) is 4.50. The van der Waals surface area contributed by atoms with Crippen LogP contribution in [0.15, 0.2) is 16.6 Å². The van der Waals surface area contributed by atoms with E-state index in [1.807, 2.05) is 19.1 Å². The minimum absolute atomic E-state index is 0.322. The fourth-order valence-electron chi connectivity index (χ4n) is 2.25. The maximum absolute atomic E-state index is 6.07. The maximum Gasteiger partial charge on any atom is 0.175 e. The van der Waals surface area contributed by atoms with Crippen LogP contribution in [0.25, 0.3) is 0 Å². The van der Waals surface area contributed by atoms with Crippen molar-refractivity contribution in [2.24, 2.45) is 0 Å². The first-order chi connectivity index (χ1) is 8.74. The molecule has 0 aromatic heterocycles. The van der Waals surface area contributed by atoms with Crippen molar-refractivity contribution >= 4 is 27.5 Å². The van der Waals surface area contributed by atoms with Crippen molar-refractivity contribution in [3.8, 4) is 11.5 Å². The monoisotopic (exact) mass is 332 g/mol. The summed E-state index contributed by atoms with van der Waals surface area (Å²) in [6.45, 7) is 2.60. The summed E-state index contributed by atoms with van der Waals surface area (Å²) in [5.74, 6) is 2.08. The fraction of sp³-hybridized carbons (Fsp3) is 0.571. The molecule has 0 spiro atoms. The van der Waals surface area contributed by atoms with Gasteiger partial charge in [-0.3, -0.25) is 0 Å². The molecule has 0 N–H and O–H groups in total. The number of halogens is 2. The summed E-state index contributed by atoms with van der Waals surface area (Å²) in [7, 11) is 0. The van der Waals surface area contributed by atoms with Crippen LogP contribution in [0.2, 0.25) is 0 Å². The van der Waals surface area contributed by atoms with Gasteiger partial charge in [-0.2, -0.15) is 0 Å². The van der Waals surface area contributed by atoms with Gasteiger partial charge in [0.15, 0.2) is 11.5 Å². The van der Waals surface area contributed by atoms with Crippen LogP contribution < -0.4 is 9.47 Å². The van der Waals surface area contributed by atoms with Crippen molar-refractivity contribution in [2.45, 2.75) is 44.6 Å². The molecule has 0 atom stereocenters. The predicted molar refractivity (Wildman–Crippen MR) is 77.8 cm³/mol.